The minimum atomic E-state index is -0.667. The third-order valence-corrected chi connectivity index (χ3v) is 4.18. The van der Waals surface area contributed by atoms with Gasteiger partial charge in [0.2, 0.25) is 0 Å². The monoisotopic (exact) mass is 360 g/mol. The summed E-state index contributed by atoms with van der Waals surface area (Å²) in [6.45, 7) is 3.78. The number of esters is 1. The number of carbonyl (C=O) groups excluding carboxylic acids is 2. The minimum absolute atomic E-state index is 0.178. The topological polar surface area (TPSA) is 81.4 Å². The van der Waals surface area contributed by atoms with E-state index in [1.54, 1.807) is 0 Å². The first-order chi connectivity index (χ1) is 11.9. The van der Waals surface area contributed by atoms with E-state index in [1.807, 2.05) is 24.3 Å². The smallest absolute Gasteiger partial charge is 0.340 e. The van der Waals surface area contributed by atoms with Crippen LogP contribution in [0, 0.1) is 0 Å². The Bertz CT molecular complexity index is 777. The van der Waals surface area contributed by atoms with Crippen molar-refractivity contribution in [3.63, 3.8) is 0 Å². The summed E-state index contributed by atoms with van der Waals surface area (Å²) < 4.78 is 5.04. The van der Waals surface area contributed by atoms with Gasteiger partial charge in [0.1, 0.15) is 0 Å². The van der Waals surface area contributed by atoms with Crippen molar-refractivity contribution in [3.8, 4) is 0 Å². The number of hydrogen-bond acceptors (Lipinski definition) is 4. The molecule has 0 aromatic heterocycles. The van der Waals surface area contributed by atoms with E-state index in [2.05, 4.69) is 19.2 Å². The number of halogens is 1. The van der Waals surface area contributed by atoms with E-state index in [4.69, 9.17) is 22.1 Å². The average molecular weight is 361 g/mol. The summed E-state index contributed by atoms with van der Waals surface area (Å²) in [5.41, 5.74) is 7.89. The highest BCUT2D eigenvalue weighted by atomic mass is 35.5. The first-order valence-corrected chi connectivity index (χ1v) is 8.41. The number of rotatable bonds is 6. The Morgan fingerprint density at radius 3 is 2.64 bits per heavy atom. The van der Waals surface area contributed by atoms with Gasteiger partial charge in [-0.1, -0.05) is 43.6 Å². The summed E-state index contributed by atoms with van der Waals surface area (Å²) in [4.78, 5) is 24.1. The molecule has 0 unspecified atom stereocenters. The number of benzene rings is 2. The highest BCUT2D eigenvalue weighted by Crippen LogP contribution is 2.26. The lowest BCUT2D eigenvalue weighted by molar-refractivity contribution is -0.119. The van der Waals surface area contributed by atoms with Crippen LogP contribution in [-0.4, -0.2) is 18.5 Å². The summed E-state index contributed by atoms with van der Waals surface area (Å²) in [5.74, 6) is -0.760. The number of hydrogen-bond donors (Lipinski definition) is 2. The van der Waals surface area contributed by atoms with Crippen molar-refractivity contribution < 1.29 is 14.3 Å². The molecule has 2 rings (SSSR count). The molecule has 0 aliphatic heterocycles. The second-order valence-corrected chi connectivity index (χ2v) is 6.19. The number of ether oxygens (including phenoxy) is 1. The van der Waals surface area contributed by atoms with Crippen LogP contribution in [0.4, 0.5) is 11.4 Å². The van der Waals surface area contributed by atoms with Crippen molar-refractivity contribution in [3.05, 3.63) is 58.6 Å². The molecule has 0 saturated carbocycles. The summed E-state index contributed by atoms with van der Waals surface area (Å²) >= 11 is 5.80. The molecule has 0 aliphatic rings. The first-order valence-electron chi connectivity index (χ1n) is 8.03. The number of carbonyl (C=O) groups is 2. The van der Waals surface area contributed by atoms with Crippen LogP contribution in [0.1, 0.15) is 42.1 Å². The summed E-state index contributed by atoms with van der Waals surface area (Å²) in [7, 11) is 0. The highest BCUT2D eigenvalue weighted by Gasteiger charge is 2.15. The van der Waals surface area contributed by atoms with E-state index in [9.17, 15) is 9.59 Å². The maximum absolute atomic E-state index is 12.1. The highest BCUT2D eigenvalue weighted by molar-refractivity contribution is 6.31. The summed E-state index contributed by atoms with van der Waals surface area (Å²) in [5, 5.41) is 3.21. The number of nitrogens with one attached hydrogen (secondary N) is 1. The Morgan fingerprint density at radius 2 is 1.96 bits per heavy atom. The van der Waals surface area contributed by atoms with Crippen LogP contribution in [0.15, 0.2) is 42.5 Å². The average Bonchev–Trinajstić information content (AvgIpc) is 2.59. The Balaban J connectivity index is 1.98. The molecule has 5 nitrogen and oxygen atoms in total. The Kier molecular flexibility index (Phi) is 6.42. The zero-order chi connectivity index (χ0) is 18.4. The molecule has 3 N–H and O–H groups in total. The van der Waals surface area contributed by atoms with Gasteiger partial charge in [0.05, 0.1) is 5.56 Å². The first kappa shape index (κ1) is 18.8. The van der Waals surface area contributed by atoms with Crippen LogP contribution >= 0.6 is 11.6 Å². The Hall–Kier alpha value is -2.53. The molecular weight excluding hydrogens is 340 g/mol. The molecule has 0 spiro atoms. The van der Waals surface area contributed by atoms with Gasteiger partial charge < -0.3 is 15.8 Å². The van der Waals surface area contributed by atoms with Crippen LogP contribution in [0.2, 0.25) is 5.02 Å². The zero-order valence-electron chi connectivity index (χ0n) is 14.2. The molecule has 6 heteroatoms. The molecule has 0 bridgehead atoms. The lowest BCUT2D eigenvalue weighted by atomic mass is 9.97. The molecule has 2 aromatic carbocycles. The van der Waals surface area contributed by atoms with Crippen molar-refractivity contribution in [2.75, 3.05) is 17.7 Å². The predicted molar refractivity (Wildman–Crippen MR) is 99.9 cm³/mol. The normalized spacial score (nSPS) is 11.6. The van der Waals surface area contributed by atoms with Gasteiger partial charge in [-0.25, -0.2) is 4.79 Å². The zero-order valence-corrected chi connectivity index (χ0v) is 15.0. The number of nitrogens with two attached hydrogens (primary N) is 1. The van der Waals surface area contributed by atoms with E-state index < -0.39 is 18.5 Å². The van der Waals surface area contributed by atoms with Crippen molar-refractivity contribution in [1.82, 2.24) is 0 Å². The van der Waals surface area contributed by atoms with Crippen LogP contribution < -0.4 is 11.1 Å². The maximum Gasteiger partial charge on any atom is 0.340 e. The fourth-order valence-electron chi connectivity index (χ4n) is 2.38. The second-order valence-electron chi connectivity index (χ2n) is 5.75. The lowest BCUT2D eigenvalue weighted by Gasteiger charge is -2.15. The molecular formula is C19H21ClN2O3. The van der Waals surface area contributed by atoms with Gasteiger partial charge in [0.15, 0.2) is 6.61 Å². The van der Waals surface area contributed by atoms with Gasteiger partial charge >= 0.3 is 5.97 Å². The summed E-state index contributed by atoms with van der Waals surface area (Å²) in [6.07, 6.45) is 0.956. The van der Waals surface area contributed by atoms with Crippen LogP contribution in [0.25, 0.3) is 0 Å². The molecule has 0 fully saturated rings. The summed E-state index contributed by atoms with van der Waals surface area (Å²) in [6, 6.07) is 12.1. The van der Waals surface area contributed by atoms with E-state index in [0.717, 1.165) is 17.7 Å². The van der Waals surface area contributed by atoms with E-state index in [1.165, 1.54) is 18.2 Å². The minimum Gasteiger partial charge on any atom is -0.452 e. The number of anilines is 2. The number of nitrogen functional groups attached to an aromatic ring is 1. The number of para-hydroxylation sites is 1. The van der Waals surface area contributed by atoms with Crippen molar-refractivity contribution >= 4 is 34.9 Å². The molecule has 25 heavy (non-hydrogen) atoms. The number of amides is 1. The SMILES string of the molecule is CC[C@@H](C)c1ccccc1NC(=O)COC(=O)c1ccc(Cl)cc1N. The van der Waals surface area contributed by atoms with E-state index >= 15 is 0 Å². The molecule has 0 aliphatic carbocycles. The Morgan fingerprint density at radius 1 is 1.24 bits per heavy atom. The van der Waals surface area contributed by atoms with E-state index in [-0.39, 0.29) is 11.3 Å². The van der Waals surface area contributed by atoms with Gasteiger partial charge in [-0.15, -0.1) is 0 Å². The standard InChI is InChI=1S/C19H21ClN2O3/c1-3-12(2)14-6-4-5-7-17(14)22-18(23)11-25-19(24)15-9-8-13(20)10-16(15)21/h4-10,12H,3,11,21H2,1-2H3,(H,22,23)/t12-/m1/s1. The predicted octanol–water partition coefficient (Wildman–Crippen LogP) is 4.23. The van der Waals surface area contributed by atoms with Gasteiger partial charge in [0.25, 0.3) is 5.91 Å². The molecule has 0 saturated heterocycles. The second kappa shape index (κ2) is 8.53. The van der Waals surface area contributed by atoms with Crippen molar-refractivity contribution in [1.29, 1.82) is 0 Å². The third-order valence-electron chi connectivity index (χ3n) is 3.95. The third kappa shape index (κ3) is 4.97. The van der Waals surface area contributed by atoms with E-state index in [0.29, 0.717) is 10.9 Å². The van der Waals surface area contributed by atoms with Crippen LogP contribution in [0.3, 0.4) is 0 Å². The fraction of sp³-hybridized carbons (Fsp3) is 0.263. The quantitative estimate of drug-likeness (QED) is 0.596. The molecule has 0 radical (unpaired) electrons. The van der Waals surface area contributed by atoms with Crippen LogP contribution in [-0.2, 0) is 9.53 Å². The van der Waals surface area contributed by atoms with Gasteiger partial charge in [-0.05, 0) is 42.2 Å². The lowest BCUT2D eigenvalue weighted by Crippen LogP contribution is -2.22. The van der Waals surface area contributed by atoms with Gasteiger partial charge in [0, 0.05) is 16.4 Å². The fourth-order valence-corrected chi connectivity index (χ4v) is 2.56. The molecule has 132 valence electrons. The maximum atomic E-state index is 12.1. The van der Waals surface area contributed by atoms with Crippen LogP contribution in [0.5, 0.6) is 0 Å². The van der Waals surface area contributed by atoms with Crippen molar-refractivity contribution in [2.45, 2.75) is 26.2 Å². The molecule has 1 atom stereocenters. The molecule has 1 amide bonds. The molecule has 0 heterocycles. The largest absolute Gasteiger partial charge is 0.452 e. The van der Waals surface area contributed by atoms with Crippen molar-refractivity contribution in [2.24, 2.45) is 0 Å². The van der Waals surface area contributed by atoms with Gasteiger partial charge in [-0.3, -0.25) is 4.79 Å². The Labute approximate surface area is 152 Å². The van der Waals surface area contributed by atoms with Gasteiger partial charge in [-0.2, -0.15) is 0 Å². The molecule has 2 aromatic rings.